The van der Waals surface area contributed by atoms with E-state index in [1.807, 2.05) is 6.07 Å². The van der Waals surface area contributed by atoms with E-state index in [1.165, 1.54) is 25.7 Å². The molecule has 1 N–H and O–H groups in total. The van der Waals surface area contributed by atoms with Crippen LogP contribution in [0.25, 0.3) is 10.2 Å². The Bertz CT molecular complexity index is 557. The summed E-state index contributed by atoms with van der Waals surface area (Å²) < 4.78 is 1.16. The highest BCUT2D eigenvalue weighted by molar-refractivity contribution is 7.17. The maximum absolute atomic E-state index is 4.40. The first-order chi connectivity index (χ1) is 9.21. The molecule has 0 saturated heterocycles. The van der Waals surface area contributed by atoms with E-state index < -0.39 is 0 Å². The SMILES string of the molecule is CN(C)C1(CNc2ncnc3ccsc23)CCCC1. The van der Waals surface area contributed by atoms with Gasteiger partial charge in [-0.15, -0.1) is 11.3 Å². The lowest BCUT2D eigenvalue weighted by atomic mass is 9.96. The molecule has 2 aromatic rings. The van der Waals surface area contributed by atoms with Gasteiger partial charge in [-0.3, -0.25) is 0 Å². The molecule has 0 unspecified atom stereocenters. The first-order valence-electron chi connectivity index (χ1n) is 6.81. The number of hydrogen-bond donors (Lipinski definition) is 1. The largest absolute Gasteiger partial charge is 0.367 e. The van der Waals surface area contributed by atoms with Gasteiger partial charge in [0.15, 0.2) is 0 Å². The van der Waals surface area contributed by atoms with Gasteiger partial charge >= 0.3 is 0 Å². The molecule has 4 nitrogen and oxygen atoms in total. The van der Waals surface area contributed by atoms with Crippen LogP contribution in [0.3, 0.4) is 0 Å². The highest BCUT2D eigenvalue weighted by Gasteiger charge is 2.35. The first-order valence-corrected chi connectivity index (χ1v) is 7.69. The molecule has 5 heteroatoms. The number of nitrogens with one attached hydrogen (secondary N) is 1. The Balaban J connectivity index is 1.80. The molecular weight excluding hydrogens is 256 g/mol. The van der Waals surface area contributed by atoms with E-state index in [0.29, 0.717) is 0 Å². The van der Waals surface area contributed by atoms with Gasteiger partial charge in [-0.25, -0.2) is 9.97 Å². The fourth-order valence-electron chi connectivity index (χ4n) is 2.98. The average Bonchev–Trinajstić information content (AvgIpc) is 3.06. The van der Waals surface area contributed by atoms with E-state index in [2.05, 4.69) is 39.7 Å². The molecule has 19 heavy (non-hydrogen) atoms. The predicted molar refractivity (Wildman–Crippen MR) is 80.8 cm³/mol. The smallest absolute Gasteiger partial charge is 0.147 e. The summed E-state index contributed by atoms with van der Waals surface area (Å²) in [5.74, 6) is 0.980. The van der Waals surface area contributed by atoms with Crippen LogP contribution in [0.15, 0.2) is 17.8 Å². The fourth-order valence-corrected chi connectivity index (χ4v) is 3.79. The minimum atomic E-state index is 0.286. The lowest BCUT2D eigenvalue weighted by Gasteiger charge is -2.36. The summed E-state index contributed by atoms with van der Waals surface area (Å²) in [5, 5.41) is 5.63. The van der Waals surface area contributed by atoms with Gasteiger partial charge in [-0.05, 0) is 38.4 Å². The number of nitrogens with zero attached hydrogens (tertiary/aromatic N) is 3. The summed E-state index contributed by atoms with van der Waals surface area (Å²) in [6, 6.07) is 2.05. The quantitative estimate of drug-likeness (QED) is 0.932. The fraction of sp³-hybridized carbons (Fsp3) is 0.571. The number of likely N-dealkylation sites (N-methyl/N-ethyl adjacent to an activating group) is 1. The second-order valence-electron chi connectivity index (χ2n) is 5.54. The van der Waals surface area contributed by atoms with Gasteiger partial charge in [0.05, 0.1) is 10.2 Å². The van der Waals surface area contributed by atoms with Gasteiger partial charge < -0.3 is 10.2 Å². The molecule has 0 amide bonds. The molecule has 0 aliphatic heterocycles. The van der Waals surface area contributed by atoms with Crippen LogP contribution < -0.4 is 5.32 Å². The normalized spacial score (nSPS) is 18.3. The van der Waals surface area contributed by atoms with Crippen LogP contribution in [-0.4, -0.2) is 41.0 Å². The zero-order valence-electron chi connectivity index (χ0n) is 11.5. The van der Waals surface area contributed by atoms with Gasteiger partial charge in [-0.2, -0.15) is 0 Å². The van der Waals surface area contributed by atoms with E-state index in [-0.39, 0.29) is 5.54 Å². The van der Waals surface area contributed by atoms with Gasteiger partial charge in [-0.1, -0.05) is 12.8 Å². The van der Waals surface area contributed by atoms with E-state index in [0.717, 1.165) is 22.6 Å². The topological polar surface area (TPSA) is 41.0 Å². The lowest BCUT2D eigenvalue weighted by molar-refractivity contribution is 0.172. The zero-order valence-corrected chi connectivity index (χ0v) is 12.3. The van der Waals surface area contributed by atoms with E-state index in [9.17, 15) is 0 Å². The van der Waals surface area contributed by atoms with E-state index in [1.54, 1.807) is 17.7 Å². The van der Waals surface area contributed by atoms with Crippen molar-refractivity contribution in [3.8, 4) is 0 Å². The third-order valence-corrected chi connectivity index (χ3v) is 5.22. The van der Waals surface area contributed by atoms with Crippen molar-refractivity contribution in [2.24, 2.45) is 0 Å². The second kappa shape index (κ2) is 5.06. The molecule has 1 aliphatic carbocycles. The third kappa shape index (κ3) is 2.32. The maximum Gasteiger partial charge on any atom is 0.147 e. The minimum absolute atomic E-state index is 0.286. The van der Waals surface area contributed by atoms with Crippen LogP contribution in [0.1, 0.15) is 25.7 Å². The highest BCUT2D eigenvalue weighted by atomic mass is 32.1. The summed E-state index contributed by atoms with van der Waals surface area (Å²) >= 11 is 1.70. The number of anilines is 1. The first kappa shape index (κ1) is 12.8. The van der Waals surface area contributed by atoms with Gasteiger partial charge in [0.25, 0.3) is 0 Å². The molecule has 1 aliphatic rings. The second-order valence-corrected chi connectivity index (χ2v) is 6.45. The monoisotopic (exact) mass is 276 g/mol. The number of hydrogen-bond acceptors (Lipinski definition) is 5. The van der Waals surface area contributed by atoms with Crippen LogP contribution in [0, 0.1) is 0 Å². The number of fused-ring (bicyclic) bond motifs is 1. The molecule has 0 atom stereocenters. The molecule has 0 radical (unpaired) electrons. The van der Waals surface area contributed by atoms with Crippen molar-refractivity contribution in [3.63, 3.8) is 0 Å². The van der Waals surface area contributed by atoms with Crippen molar-refractivity contribution in [2.75, 3.05) is 26.0 Å². The summed E-state index contributed by atoms with van der Waals surface area (Å²) in [6.45, 7) is 0.962. The molecule has 0 aromatic carbocycles. The van der Waals surface area contributed by atoms with Crippen LogP contribution in [0.5, 0.6) is 0 Å². The van der Waals surface area contributed by atoms with Gasteiger partial charge in [0.2, 0.25) is 0 Å². The maximum atomic E-state index is 4.40. The molecule has 2 heterocycles. The van der Waals surface area contributed by atoms with Gasteiger partial charge in [0.1, 0.15) is 12.1 Å². The lowest BCUT2D eigenvalue weighted by Crippen LogP contribution is -2.47. The number of thiophene rings is 1. The van der Waals surface area contributed by atoms with Crippen molar-refractivity contribution in [3.05, 3.63) is 17.8 Å². The van der Waals surface area contributed by atoms with E-state index in [4.69, 9.17) is 0 Å². The molecule has 2 aromatic heterocycles. The summed E-state index contributed by atoms with van der Waals surface area (Å²) in [6.07, 6.45) is 6.85. The molecular formula is C14H20N4S. The predicted octanol–water partition coefficient (Wildman–Crippen LogP) is 2.98. The van der Waals surface area contributed by atoms with Crippen LogP contribution in [0.4, 0.5) is 5.82 Å². The van der Waals surface area contributed by atoms with Crippen molar-refractivity contribution < 1.29 is 0 Å². The summed E-state index contributed by atoms with van der Waals surface area (Å²) in [4.78, 5) is 11.1. The summed E-state index contributed by atoms with van der Waals surface area (Å²) in [7, 11) is 4.38. The highest BCUT2D eigenvalue weighted by Crippen LogP contribution is 2.34. The number of rotatable bonds is 4. The van der Waals surface area contributed by atoms with Crippen molar-refractivity contribution >= 4 is 27.4 Å². The molecule has 3 rings (SSSR count). The standard InChI is InChI=1S/C14H20N4S/c1-18(2)14(6-3-4-7-14)9-15-13-12-11(5-8-19-12)16-10-17-13/h5,8,10H,3-4,6-7,9H2,1-2H3,(H,15,16,17). The Morgan fingerprint density at radius 2 is 2.11 bits per heavy atom. The molecule has 0 spiro atoms. The van der Waals surface area contributed by atoms with Gasteiger partial charge in [0, 0.05) is 12.1 Å². The van der Waals surface area contributed by atoms with Crippen LogP contribution in [-0.2, 0) is 0 Å². The number of aromatic nitrogens is 2. The van der Waals surface area contributed by atoms with Crippen LogP contribution in [0.2, 0.25) is 0 Å². The van der Waals surface area contributed by atoms with E-state index >= 15 is 0 Å². The summed E-state index contributed by atoms with van der Waals surface area (Å²) in [5.41, 5.74) is 1.32. The minimum Gasteiger partial charge on any atom is -0.367 e. The molecule has 0 bridgehead atoms. The Kier molecular flexibility index (Phi) is 3.41. The molecule has 1 saturated carbocycles. The third-order valence-electron chi connectivity index (χ3n) is 4.31. The average molecular weight is 276 g/mol. The molecule has 1 fully saturated rings. The van der Waals surface area contributed by atoms with Crippen LogP contribution >= 0.6 is 11.3 Å². The Morgan fingerprint density at radius 3 is 2.84 bits per heavy atom. The zero-order chi connectivity index (χ0) is 13.3. The Labute approximate surface area is 117 Å². The Hall–Kier alpha value is -1.20. The van der Waals surface area contributed by atoms with Crippen molar-refractivity contribution in [1.82, 2.24) is 14.9 Å². The molecule has 102 valence electrons. The van der Waals surface area contributed by atoms with Crippen molar-refractivity contribution in [2.45, 2.75) is 31.2 Å². The van der Waals surface area contributed by atoms with Crippen molar-refractivity contribution in [1.29, 1.82) is 0 Å². The Morgan fingerprint density at radius 1 is 1.32 bits per heavy atom.